The highest BCUT2D eigenvalue weighted by Gasteiger charge is 2.42. The molecule has 2 aromatic heterocycles. The third kappa shape index (κ3) is 3.53. The highest BCUT2D eigenvalue weighted by molar-refractivity contribution is 7.91. The Morgan fingerprint density at radius 3 is 2.67 bits per heavy atom. The van der Waals surface area contributed by atoms with Crippen molar-refractivity contribution in [2.24, 2.45) is 0 Å². The van der Waals surface area contributed by atoms with Crippen molar-refractivity contribution in [1.29, 1.82) is 0 Å². The van der Waals surface area contributed by atoms with Crippen molar-refractivity contribution in [3.8, 4) is 0 Å². The predicted molar refractivity (Wildman–Crippen MR) is 98.8 cm³/mol. The van der Waals surface area contributed by atoms with Crippen LogP contribution >= 0.6 is 11.3 Å². The van der Waals surface area contributed by atoms with E-state index in [1.165, 1.54) is 15.6 Å². The number of rotatable bonds is 4. The van der Waals surface area contributed by atoms with E-state index in [2.05, 4.69) is 10.1 Å². The van der Waals surface area contributed by atoms with Gasteiger partial charge in [0.1, 0.15) is 10.3 Å². The number of nitrogens with zero attached hydrogens (tertiary/aromatic N) is 4. The lowest BCUT2D eigenvalue weighted by atomic mass is 9.96. The third-order valence-electron chi connectivity index (χ3n) is 5.25. The lowest BCUT2D eigenvalue weighted by Crippen LogP contribution is -2.49. The molecule has 0 saturated carbocycles. The molecule has 8 nitrogen and oxygen atoms in total. The largest absolute Gasteiger partial charge is 0.341 e. The molecule has 1 amide bonds. The van der Waals surface area contributed by atoms with Gasteiger partial charge in [0, 0.05) is 25.6 Å². The van der Waals surface area contributed by atoms with Gasteiger partial charge in [0.15, 0.2) is 5.82 Å². The summed E-state index contributed by atoms with van der Waals surface area (Å²) in [4.78, 5) is 19.1. The Bertz CT molecular complexity index is 901. The van der Waals surface area contributed by atoms with Crippen LogP contribution in [0.25, 0.3) is 0 Å². The van der Waals surface area contributed by atoms with Gasteiger partial charge in [-0.1, -0.05) is 11.2 Å². The number of piperidine rings is 1. The van der Waals surface area contributed by atoms with Crippen molar-refractivity contribution in [1.82, 2.24) is 19.3 Å². The van der Waals surface area contributed by atoms with Crippen molar-refractivity contribution >= 4 is 27.3 Å². The second-order valence-electron chi connectivity index (χ2n) is 6.99. The standard InChI is InChI=1S/C17H22N4O4S2/c1-12-18-16(25-19-12)13-6-9-20(10-7-13)17(22)14-4-2-8-21(14)27(23,24)15-5-3-11-26-15/h3,5,11,13-14H,2,4,6-10H2,1H3. The summed E-state index contributed by atoms with van der Waals surface area (Å²) in [6, 6.07) is 2.71. The van der Waals surface area contributed by atoms with Gasteiger partial charge in [0.25, 0.3) is 10.0 Å². The minimum atomic E-state index is -3.61. The average molecular weight is 411 g/mol. The van der Waals surface area contributed by atoms with E-state index in [4.69, 9.17) is 4.52 Å². The van der Waals surface area contributed by atoms with E-state index in [-0.39, 0.29) is 11.8 Å². The molecule has 4 rings (SSSR count). The Morgan fingerprint density at radius 2 is 2.04 bits per heavy atom. The van der Waals surface area contributed by atoms with E-state index >= 15 is 0 Å². The number of likely N-dealkylation sites (tertiary alicyclic amines) is 1. The van der Waals surface area contributed by atoms with Crippen LogP contribution in [0.15, 0.2) is 26.2 Å². The molecule has 10 heteroatoms. The van der Waals surface area contributed by atoms with E-state index in [0.29, 0.717) is 48.4 Å². The van der Waals surface area contributed by atoms with Crippen molar-refractivity contribution in [2.45, 2.75) is 48.8 Å². The smallest absolute Gasteiger partial charge is 0.253 e. The first kappa shape index (κ1) is 18.6. The molecule has 0 aromatic carbocycles. The first-order chi connectivity index (χ1) is 13.0. The van der Waals surface area contributed by atoms with E-state index in [9.17, 15) is 13.2 Å². The molecule has 0 spiro atoms. The molecule has 0 radical (unpaired) electrons. The van der Waals surface area contributed by atoms with E-state index in [0.717, 1.165) is 12.8 Å². The van der Waals surface area contributed by atoms with Crippen molar-refractivity contribution in [3.05, 3.63) is 29.2 Å². The number of hydrogen-bond acceptors (Lipinski definition) is 7. The number of aromatic nitrogens is 2. The minimum absolute atomic E-state index is 0.0900. The number of sulfonamides is 1. The maximum atomic E-state index is 13.0. The zero-order valence-electron chi connectivity index (χ0n) is 15.1. The van der Waals surface area contributed by atoms with E-state index in [1.807, 2.05) is 0 Å². The lowest BCUT2D eigenvalue weighted by molar-refractivity contribution is -0.135. The molecular weight excluding hydrogens is 388 g/mol. The van der Waals surface area contributed by atoms with Gasteiger partial charge in [0.2, 0.25) is 11.8 Å². The number of hydrogen-bond donors (Lipinski definition) is 0. The van der Waals surface area contributed by atoms with E-state index < -0.39 is 16.1 Å². The fraction of sp³-hybridized carbons (Fsp3) is 0.588. The van der Waals surface area contributed by atoms with Crippen LogP contribution in [0, 0.1) is 6.92 Å². The topological polar surface area (TPSA) is 96.6 Å². The fourth-order valence-electron chi connectivity index (χ4n) is 3.84. The summed E-state index contributed by atoms with van der Waals surface area (Å²) in [7, 11) is -3.61. The van der Waals surface area contributed by atoms with Crippen LogP contribution in [0.1, 0.15) is 43.3 Å². The van der Waals surface area contributed by atoms with Crippen LogP contribution in [0.2, 0.25) is 0 Å². The number of amides is 1. The maximum absolute atomic E-state index is 13.0. The molecule has 4 heterocycles. The predicted octanol–water partition coefficient (Wildman–Crippen LogP) is 2.00. The van der Waals surface area contributed by atoms with Crippen LogP contribution in [-0.4, -0.2) is 59.3 Å². The monoisotopic (exact) mass is 410 g/mol. The Kier molecular flexibility index (Phi) is 5.04. The van der Waals surface area contributed by atoms with Crippen LogP contribution in [-0.2, 0) is 14.8 Å². The average Bonchev–Trinajstić information content (AvgIpc) is 3.42. The molecule has 2 aromatic rings. The zero-order chi connectivity index (χ0) is 19.0. The van der Waals surface area contributed by atoms with Gasteiger partial charge in [-0.2, -0.15) is 9.29 Å². The zero-order valence-corrected chi connectivity index (χ0v) is 16.7. The second-order valence-corrected chi connectivity index (χ2v) is 10.1. The molecule has 0 bridgehead atoms. The normalized spacial score (nSPS) is 22.4. The Hall–Kier alpha value is -1.78. The van der Waals surface area contributed by atoms with Gasteiger partial charge in [-0.3, -0.25) is 4.79 Å². The highest BCUT2D eigenvalue weighted by atomic mass is 32.2. The number of carbonyl (C=O) groups is 1. The Balaban J connectivity index is 1.43. The summed E-state index contributed by atoms with van der Waals surface area (Å²) in [5.74, 6) is 1.31. The van der Waals surface area contributed by atoms with Gasteiger partial charge in [0.05, 0.1) is 0 Å². The van der Waals surface area contributed by atoms with Crippen LogP contribution in [0.5, 0.6) is 0 Å². The quantitative estimate of drug-likeness (QED) is 0.765. The molecule has 2 aliphatic heterocycles. The molecule has 2 aliphatic rings. The number of carbonyl (C=O) groups excluding carboxylic acids is 1. The van der Waals surface area contributed by atoms with Gasteiger partial charge >= 0.3 is 0 Å². The van der Waals surface area contributed by atoms with Crippen molar-refractivity contribution in [3.63, 3.8) is 0 Å². The highest BCUT2D eigenvalue weighted by Crippen LogP contribution is 2.32. The minimum Gasteiger partial charge on any atom is -0.341 e. The maximum Gasteiger partial charge on any atom is 0.253 e. The fourth-order valence-corrected chi connectivity index (χ4v) is 6.61. The lowest BCUT2D eigenvalue weighted by Gasteiger charge is -2.34. The van der Waals surface area contributed by atoms with Gasteiger partial charge in [-0.15, -0.1) is 11.3 Å². The van der Waals surface area contributed by atoms with E-state index in [1.54, 1.807) is 29.3 Å². The summed E-state index contributed by atoms with van der Waals surface area (Å²) in [5, 5.41) is 5.57. The molecule has 2 saturated heterocycles. The summed E-state index contributed by atoms with van der Waals surface area (Å²) in [5.41, 5.74) is 0. The number of thiophene rings is 1. The molecule has 2 fully saturated rings. The van der Waals surface area contributed by atoms with Crippen LogP contribution in [0.3, 0.4) is 0 Å². The molecule has 0 aliphatic carbocycles. The molecular formula is C17H22N4O4S2. The Morgan fingerprint density at radius 1 is 1.26 bits per heavy atom. The first-order valence-electron chi connectivity index (χ1n) is 9.11. The molecule has 27 heavy (non-hydrogen) atoms. The molecule has 0 N–H and O–H groups in total. The van der Waals surface area contributed by atoms with Gasteiger partial charge in [-0.25, -0.2) is 8.42 Å². The van der Waals surface area contributed by atoms with Crippen LogP contribution in [0.4, 0.5) is 0 Å². The summed E-state index contributed by atoms with van der Waals surface area (Å²) in [6.45, 7) is 3.34. The van der Waals surface area contributed by atoms with Gasteiger partial charge in [-0.05, 0) is 44.1 Å². The number of aryl methyl sites for hydroxylation is 1. The van der Waals surface area contributed by atoms with Crippen LogP contribution < -0.4 is 0 Å². The molecule has 1 atom stereocenters. The van der Waals surface area contributed by atoms with Gasteiger partial charge < -0.3 is 9.42 Å². The molecule has 146 valence electrons. The van der Waals surface area contributed by atoms with Crippen molar-refractivity contribution in [2.75, 3.05) is 19.6 Å². The SMILES string of the molecule is Cc1noc(C2CCN(C(=O)C3CCCN3S(=O)(=O)c3cccs3)CC2)n1. The Labute approximate surface area is 162 Å². The molecule has 1 unspecified atom stereocenters. The summed E-state index contributed by atoms with van der Waals surface area (Å²) >= 11 is 1.19. The summed E-state index contributed by atoms with van der Waals surface area (Å²) in [6.07, 6.45) is 2.78. The third-order valence-corrected chi connectivity index (χ3v) is 8.53. The second kappa shape index (κ2) is 7.33. The van der Waals surface area contributed by atoms with Crippen molar-refractivity contribution < 1.29 is 17.7 Å². The first-order valence-corrected chi connectivity index (χ1v) is 11.4. The summed E-state index contributed by atoms with van der Waals surface area (Å²) < 4.78 is 32.7.